The van der Waals surface area contributed by atoms with Crippen molar-refractivity contribution in [2.24, 2.45) is 5.41 Å². The number of nitrogens with one attached hydrogen (secondary N) is 1. The SMILES string of the molecule is CCSC[C@]1(CO)O[C@H](COC(=O)C(C)(C)C)[C@@H](OC(C)=O)[C@H]1NC(C)=O. The Bertz CT molecular complexity index is 548. The lowest BCUT2D eigenvalue weighted by molar-refractivity contribution is -0.164. The van der Waals surface area contributed by atoms with Gasteiger partial charge >= 0.3 is 11.9 Å². The third-order valence-corrected chi connectivity index (χ3v) is 5.22. The Morgan fingerprint density at radius 1 is 1.26 bits per heavy atom. The minimum atomic E-state index is -1.15. The molecule has 0 spiro atoms. The van der Waals surface area contributed by atoms with Gasteiger partial charge in [0.1, 0.15) is 24.4 Å². The topological polar surface area (TPSA) is 111 Å². The van der Waals surface area contributed by atoms with Crippen LogP contribution in [0, 0.1) is 5.41 Å². The smallest absolute Gasteiger partial charge is 0.311 e. The Morgan fingerprint density at radius 2 is 1.89 bits per heavy atom. The zero-order valence-corrected chi connectivity index (χ0v) is 17.7. The summed E-state index contributed by atoms with van der Waals surface area (Å²) in [7, 11) is 0. The minimum Gasteiger partial charge on any atom is -0.462 e. The van der Waals surface area contributed by atoms with Crippen molar-refractivity contribution in [3.05, 3.63) is 0 Å². The number of hydrogen-bond acceptors (Lipinski definition) is 8. The van der Waals surface area contributed by atoms with E-state index in [4.69, 9.17) is 14.2 Å². The third kappa shape index (κ3) is 6.36. The molecular weight excluding hydrogens is 374 g/mol. The number of carbonyl (C=O) groups excluding carboxylic acids is 3. The van der Waals surface area contributed by atoms with E-state index in [1.807, 2.05) is 6.92 Å². The van der Waals surface area contributed by atoms with Crippen molar-refractivity contribution in [3.8, 4) is 0 Å². The molecule has 1 aliphatic heterocycles. The molecule has 27 heavy (non-hydrogen) atoms. The number of thioether (sulfide) groups is 1. The first kappa shape index (κ1) is 23.7. The predicted molar refractivity (Wildman–Crippen MR) is 101 cm³/mol. The summed E-state index contributed by atoms with van der Waals surface area (Å²) in [5, 5.41) is 12.8. The first-order valence-corrected chi connectivity index (χ1v) is 10.1. The molecule has 1 aliphatic rings. The summed E-state index contributed by atoms with van der Waals surface area (Å²) in [6.45, 7) is 9.20. The van der Waals surface area contributed by atoms with Gasteiger partial charge in [-0.2, -0.15) is 11.8 Å². The van der Waals surface area contributed by atoms with Crippen molar-refractivity contribution in [3.63, 3.8) is 0 Å². The quantitative estimate of drug-likeness (QED) is 0.573. The predicted octanol–water partition coefficient (Wildman–Crippen LogP) is 0.895. The van der Waals surface area contributed by atoms with Crippen LogP contribution in [-0.2, 0) is 28.6 Å². The molecule has 0 aromatic rings. The normalized spacial score (nSPS) is 27.9. The number of carbonyl (C=O) groups is 3. The van der Waals surface area contributed by atoms with Crippen molar-refractivity contribution in [1.29, 1.82) is 0 Å². The monoisotopic (exact) mass is 405 g/mol. The van der Waals surface area contributed by atoms with E-state index in [2.05, 4.69) is 5.32 Å². The van der Waals surface area contributed by atoms with Gasteiger partial charge in [-0.1, -0.05) is 6.92 Å². The van der Waals surface area contributed by atoms with E-state index < -0.39 is 41.2 Å². The first-order valence-electron chi connectivity index (χ1n) is 8.94. The second kappa shape index (κ2) is 9.75. The fourth-order valence-electron chi connectivity index (χ4n) is 2.81. The van der Waals surface area contributed by atoms with Crippen LogP contribution in [0.4, 0.5) is 0 Å². The maximum Gasteiger partial charge on any atom is 0.311 e. The van der Waals surface area contributed by atoms with Gasteiger partial charge in [-0.05, 0) is 26.5 Å². The van der Waals surface area contributed by atoms with Crippen LogP contribution in [0.2, 0.25) is 0 Å². The van der Waals surface area contributed by atoms with Crippen LogP contribution >= 0.6 is 11.8 Å². The zero-order chi connectivity index (χ0) is 20.8. The zero-order valence-electron chi connectivity index (χ0n) is 16.9. The lowest BCUT2D eigenvalue weighted by atomic mass is 9.93. The third-order valence-electron chi connectivity index (χ3n) is 4.12. The van der Waals surface area contributed by atoms with Crippen LogP contribution in [-0.4, -0.2) is 71.5 Å². The van der Waals surface area contributed by atoms with E-state index in [0.29, 0.717) is 5.75 Å². The maximum atomic E-state index is 12.1. The fourth-order valence-corrected chi connectivity index (χ4v) is 3.70. The first-order chi connectivity index (χ1) is 12.5. The van der Waals surface area contributed by atoms with E-state index in [0.717, 1.165) is 5.75 Å². The molecule has 1 saturated heterocycles. The van der Waals surface area contributed by atoms with E-state index in [-0.39, 0.29) is 19.1 Å². The van der Waals surface area contributed by atoms with E-state index in [1.54, 1.807) is 20.8 Å². The van der Waals surface area contributed by atoms with Crippen molar-refractivity contribution < 1.29 is 33.7 Å². The summed E-state index contributed by atoms with van der Waals surface area (Å²) in [6.07, 6.45) is -1.69. The number of hydrogen-bond donors (Lipinski definition) is 2. The molecule has 0 bridgehead atoms. The largest absolute Gasteiger partial charge is 0.462 e. The molecule has 0 aliphatic carbocycles. The number of amides is 1. The van der Waals surface area contributed by atoms with E-state index >= 15 is 0 Å². The molecule has 0 radical (unpaired) electrons. The van der Waals surface area contributed by atoms with Gasteiger partial charge in [0, 0.05) is 19.6 Å². The van der Waals surface area contributed by atoms with Crippen LogP contribution in [0.25, 0.3) is 0 Å². The minimum absolute atomic E-state index is 0.150. The van der Waals surface area contributed by atoms with Crippen LogP contribution in [0.5, 0.6) is 0 Å². The van der Waals surface area contributed by atoms with Crippen molar-refractivity contribution in [2.45, 2.75) is 65.4 Å². The average molecular weight is 406 g/mol. The Morgan fingerprint density at radius 3 is 2.33 bits per heavy atom. The van der Waals surface area contributed by atoms with Crippen LogP contribution in [0.1, 0.15) is 41.5 Å². The summed E-state index contributed by atoms with van der Waals surface area (Å²) in [5.74, 6) is -0.157. The lowest BCUT2D eigenvalue weighted by Gasteiger charge is -2.33. The molecule has 8 nitrogen and oxygen atoms in total. The second-order valence-electron chi connectivity index (χ2n) is 7.62. The van der Waals surface area contributed by atoms with Crippen LogP contribution in [0.15, 0.2) is 0 Å². The van der Waals surface area contributed by atoms with Crippen molar-refractivity contribution in [1.82, 2.24) is 5.32 Å². The molecule has 4 atom stereocenters. The van der Waals surface area contributed by atoms with Gasteiger partial charge in [-0.3, -0.25) is 14.4 Å². The van der Waals surface area contributed by atoms with Gasteiger partial charge in [0.25, 0.3) is 0 Å². The molecule has 9 heteroatoms. The highest BCUT2D eigenvalue weighted by atomic mass is 32.2. The highest BCUT2D eigenvalue weighted by Crippen LogP contribution is 2.36. The van der Waals surface area contributed by atoms with Gasteiger partial charge in [0.05, 0.1) is 12.0 Å². The number of esters is 2. The molecule has 1 rings (SSSR count). The molecule has 0 saturated carbocycles. The Hall–Kier alpha value is -1.32. The molecule has 0 aromatic carbocycles. The van der Waals surface area contributed by atoms with Gasteiger partial charge in [-0.25, -0.2) is 0 Å². The molecule has 156 valence electrons. The van der Waals surface area contributed by atoms with Crippen molar-refractivity contribution >= 4 is 29.6 Å². The maximum absolute atomic E-state index is 12.1. The Kier molecular flexibility index (Phi) is 8.56. The van der Waals surface area contributed by atoms with Crippen LogP contribution < -0.4 is 5.32 Å². The van der Waals surface area contributed by atoms with Crippen LogP contribution in [0.3, 0.4) is 0 Å². The Balaban J connectivity index is 3.13. The fraction of sp³-hybridized carbons (Fsp3) is 0.833. The van der Waals surface area contributed by atoms with Gasteiger partial charge < -0.3 is 24.6 Å². The molecule has 1 fully saturated rings. The summed E-state index contributed by atoms with van der Waals surface area (Å²) >= 11 is 1.53. The van der Waals surface area contributed by atoms with Gasteiger partial charge in [0.15, 0.2) is 6.10 Å². The van der Waals surface area contributed by atoms with E-state index in [1.165, 1.54) is 25.6 Å². The lowest BCUT2D eigenvalue weighted by Crippen LogP contribution is -2.58. The van der Waals surface area contributed by atoms with Gasteiger partial charge in [-0.15, -0.1) is 0 Å². The molecule has 2 N–H and O–H groups in total. The number of aliphatic hydroxyl groups is 1. The number of aliphatic hydroxyl groups excluding tert-OH is 1. The van der Waals surface area contributed by atoms with Gasteiger partial charge in [0.2, 0.25) is 5.91 Å². The highest BCUT2D eigenvalue weighted by Gasteiger charge is 2.57. The molecular formula is C18H31NO7S. The standard InChI is InChI=1S/C18H31NO7S/c1-7-27-10-18(9-20)15(19-11(2)21)14(25-12(3)22)13(26-18)8-24-16(23)17(4,5)6/h13-15,20H,7-10H2,1-6H3,(H,19,21)/t13-,14-,15-,18+/m1/s1. The summed E-state index contributed by atoms with van der Waals surface area (Å²) in [4.78, 5) is 35.5. The Labute approximate surface area is 164 Å². The number of ether oxygens (including phenoxy) is 3. The highest BCUT2D eigenvalue weighted by molar-refractivity contribution is 7.99. The molecule has 1 amide bonds. The summed E-state index contributed by atoms with van der Waals surface area (Å²) in [5.41, 5.74) is -1.84. The second-order valence-corrected chi connectivity index (χ2v) is 8.89. The summed E-state index contributed by atoms with van der Waals surface area (Å²) in [6, 6.07) is -0.763. The van der Waals surface area contributed by atoms with E-state index in [9.17, 15) is 19.5 Å². The molecule has 1 heterocycles. The molecule has 0 aromatic heterocycles. The summed E-state index contributed by atoms with van der Waals surface area (Å²) < 4.78 is 16.8. The molecule has 0 unspecified atom stereocenters. The van der Waals surface area contributed by atoms with Crippen molar-refractivity contribution in [2.75, 3.05) is 24.7 Å². The average Bonchev–Trinajstić information content (AvgIpc) is 2.83. The number of rotatable bonds is 8.